The summed E-state index contributed by atoms with van der Waals surface area (Å²) in [7, 11) is 0. The van der Waals surface area contributed by atoms with Crippen LogP contribution in [0, 0.1) is 15.9 Å². The molecular weight excluding hydrogens is 209 g/mol. The van der Waals surface area contributed by atoms with Gasteiger partial charge in [-0.2, -0.15) is 0 Å². The molecule has 0 fully saturated rings. The van der Waals surface area contributed by atoms with E-state index in [-0.39, 0.29) is 11.3 Å². The minimum atomic E-state index is -0.583. The normalized spacial score (nSPS) is 11.5. The molecule has 0 saturated carbocycles. The predicted molar refractivity (Wildman–Crippen MR) is 52.1 cm³/mol. The lowest BCUT2D eigenvalue weighted by Crippen LogP contribution is -1.94. The van der Waals surface area contributed by atoms with E-state index in [2.05, 4.69) is 0 Å². The summed E-state index contributed by atoms with van der Waals surface area (Å²) in [6.07, 6.45) is 1.14. The summed E-state index contributed by atoms with van der Waals surface area (Å²) in [6.45, 7) is 1.29. The highest BCUT2D eigenvalue weighted by Crippen LogP contribution is 2.17. The molecule has 5 heteroatoms. The van der Waals surface area contributed by atoms with Gasteiger partial charge >= 0.3 is 0 Å². The van der Waals surface area contributed by atoms with Gasteiger partial charge in [0.05, 0.1) is 4.92 Å². The quantitative estimate of drug-likeness (QED) is 0.562. The van der Waals surface area contributed by atoms with Crippen LogP contribution in [0.4, 0.5) is 4.39 Å². The maximum absolute atomic E-state index is 13.1. The summed E-state index contributed by atoms with van der Waals surface area (Å²) < 4.78 is 13.1. The van der Waals surface area contributed by atoms with Crippen LogP contribution in [0.2, 0.25) is 5.02 Å². The monoisotopic (exact) mass is 215 g/mol. The fourth-order valence-corrected chi connectivity index (χ4v) is 1.08. The Morgan fingerprint density at radius 1 is 1.64 bits per heavy atom. The standard InChI is InChI=1S/C9H7ClFNO2/c1-6(12(13)14)4-7-5-8(10)2-3-9(7)11/h2-5H,1H3/b6-4-. The Bertz CT molecular complexity index is 404. The molecule has 74 valence electrons. The average Bonchev–Trinajstić information content (AvgIpc) is 2.11. The molecule has 0 aromatic heterocycles. The van der Waals surface area contributed by atoms with E-state index >= 15 is 0 Å². The summed E-state index contributed by atoms with van der Waals surface area (Å²) in [5.41, 5.74) is -0.0159. The highest BCUT2D eigenvalue weighted by atomic mass is 35.5. The molecule has 0 bridgehead atoms. The van der Waals surface area contributed by atoms with Crippen molar-refractivity contribution < 1.29 is 9.31 Å². The van der Waals surface area contributed by atoms with Crippen molar-refractivity contribution in [1.29, 1.82) is 0 Å². The summed E-state index contributed by atoms with van der Waals surface area (Å²) in [5.74, 6) is -0.532. The lowest BCUT2D eigenvalue weighted by molar-refractivity contribution is -0.422. The highest BCUT2D eigenvalue weighted by Gasteiger charge is 2.06. The van der Waals surface area contributed by atoms with Crippen LogP contribution in [0.3, 0.4) is 0 Å². The van der Waals surface area contributed by atoms with Gasteiger partial charge in [0.1, 0.15) is 5.82 Å². The van der Waals surface area contributed by atoms with Crippen LogP contribution in [-0.2, 0) is 0 Å². The third-order valence-corrected chi connectivity index (χ3v) is 1.85. The Kier molecular flexibility index (Phi) is 3.19. The van der Waals surface area contributed by atoms with Gasteiger partial charge in [-0.1, -0.05) is 11.6 Å². The van der Waals surface area contributed by atoms with Crippen molar-refractivity contribution in [3.8, 4) is 0 Å². The Morgan fingerprint density at radius 3 is 2.86 bits per heavy atom. The number of nitro groups is 1. The Hall–Kier alpha value is -1.42. The van der Waals surface area contributed by atoms with Crippen LogP contribution in [0.25, 0.3) is 6.08 Å². The zero-order valence-electron chi connectivity index (χ0n) is 7.33. The topological polar surface area (TPSA) is 43.1 Å². The Balaban J connectivity index is 3.13. The molecule has 0 amide bonds. The SMILES string of the molecule is C/C(=C/c1cc(Cl)ccc1F)[N+](=O)[O-]. The number of halogens is 2. The van der Waals surface area contributed by atoms with E-state index in [1.807, 2.05) is 0 Å². The first kappa shape index (κ1) is 10.7. The lowest BCUT2D eigenvalue weighted by atomic mass is 10.2. The predicted octanol–water partition coefficient (Wildman–Crippen LogP) is 3.12. The maximum atomic E-state index is 13.1. The number of rotatable bonds is 2. The van der Waals surface area contributed by atoms with Gasteiger partial charge in [0, 0.05) is 23.6 Å². The summed E-state index contributed by atoms with van der Waals surface area (Å²) in [6, 6.07) is 3.89. The van der Waals surface area contributed by atoms with E-state index in [0.29, 0.717) is 5.02 Å². The van der Waals surface area contributed by atoms with Crippen molar-refractivity contribution in [3.63, 3.8) is 0 Å². The van der Waals surface area contributed by atoms with Crippen LogP contribution in [0.5, 0.6) is 0 Å². The summed E-state index contributed by atoms with van der Waals surface area (Å²) in [5, 5.41) is 10.6. The number of hydrogen-bond donors (Lipinski definition) is 0. The smallest absolute Gasteiger partial charge is 0.243 e. The fraction of sp³-hybridized carbons (Fsp3) is 0.111. The second kappa shape index (κ2) is 4.19. The van der Waals surface area contributed by atoms with Crippen molar-refractivity contribution in [2.24, 2.45) is 0 Å². The minimum absolute atomic E-state index is 0.117. The number of benzene rings is 1. The first-order valence-corrected chi connectivity index (χ1v) is 4.16. The minimum Gasteiger partial charge on any atom is -0.259 e. The third kappa shape index (κ3) is 2.53. The molecule has 0 N–H and O–H groups in total. The van der Waals surface area contributed by atoms with Crippen molar-refractivity contribution in [1.82, 2.24) is 0 Å². The van der Waals surface area contributed by atoms with Gasteiger partial charge in [-0.15, -0.1) is 0 Å². The molecule has 0 spiro atoms. The van der Waals surface area contributed by atoms with Crippen molar-refractivity contribution in [3.05, 3.63) is 50.4 Å². The first-order chi connectivity index (χ1) is 6.50. The highest BCUT2D eigenvalue weighted by molar-refractivity contribution is 6.30. The molecular formula is C9H7ClFNO2. The molecule has 14 heavy (non-hydrogen) atoms. The number of allylic oxidation sites excluding steroid dienone is 1. The van der Waals surface area contributed by atoms with E-state index in [1.54, 1.807) is 0 Å². The third-order valence-electron chi connectivity index (χ3n) is 1.61. The van der Waals surface area contributed by atoms with Gasteiger partial charge in [0.2, 0.25) is 5.70 Å². The molecule has 3 nitrogen and oxygen atoms in total. The molecule has 0 saturated heterocycles. The second-order valence-corrected chi connectivity index (χ2v) is 3.15. The van der Waals surface area contributed by atoms with Gasteiger partial charge in [-0.05, 0) is 18.2 Å². The van der Waals surface area contributed by atoms with E-state index in [0.717, 1.165) is 6.08 Å². The molecule has 1 rings (SSSR count). The van der Waals surface area contributed by atoms with Crippen LogP contribution in [0.15, 0.2) is 23.9 Å². The van der Waals surface area contributed by atoms with Gasteiger partial charge in [0.15, 0.2) is 0 Å². The molecule has 0 aliphatic carbocycles. The van der Waals surface area contributed by atoms with Crippen LogP contribution in [0.1, 0.15) is 12.5 Å². The molecule has 0 unspecified atom stereocenters. The van der Waals surface area contributed by atoms with Gasteiger partial charge in [-0.3, -0.25) is 10.1 Å². The molecule has 1 aromatic carbocycles. The Morgan fingerprint density at radius 2 is 2.29 bits per heavy atom. The summed E-state index contributed by atoms with van der Waals surface area (Å²) in [4.78, 5) is 9.70. The first-order valence-electron chi connectivity index (χ1n) is 3.78. The lowest BCUT2D eigenvalue weighted by Gasteiger charge is -1.97. The Labute approximate surface area is 85.0 Å². The average molecular weight is 216 g/mol. The maximum Gasteiger partial charge on any atom is 0.243 e. The van der Waals surface area contributed by atoms with Gasteiger partial charge in [-0.25, -0.2) is 4.39 Å². The van der Waals surface area contributed by atoms with Crippen LogP contribution in [-0.4, -0.2) is 4.92 Å². The molecule has 0 heterocycles. The fourth-order valence-electron chi connectivity index (χ4n) is 0.903. The zero-order chi connectivity index (χ0) is 10.7. The molecule has 1 aromatic rings. The van der Waals surface area contributed by atoms with E-state index < -0.39 is 10.7 Å². The van der Waals surface area contributed by atoms with Gasteiger partial charge < -0.3 is 0 Å². The molecule has 0 radical (unpaired) electrons. The van der Waals surface area contributed by atoms with Crippen molar-refractivity contribution in [2.75, 3.05) is 0 Å². The number of hydrogen-bond acceptors (Lipinski definition) is 2. The van der Waals surface area contributed by atoms with Gasteiger partial charge in [0.25, 0.3) is 0 Å². The molecule has 0 aliphatic rings. The van der Waals surface area contributed by atoms with Crippen LogP contribution < -0.4 is 0 Å². The van der Waals surface area contributed by atoms with E-state index in [9.17, 15) is 14.5 Å². The van der Waals surface area contributed by atoms with E-state index in [1.165, 1.54) is 25.1 Å². The molecule has 0 atom stereocenters. The van der Waals surface area contributed by atoms with Crippen molar-refractivity contribution >= 4 is 17.7 Å². The molecule has 0 aliphatic heterocycles. The van der Waals surface area contributed by atoms with E-state index in [4.69, 9.17) is 11.6 Å². The van der Waals surface area contributed by atoms with Crippen LogP contribution >= 0.6 is 11.6 Å². The largest absolute Gasteiger partial charge is 0.259 e. The summed E-state index contributed by atoms with van der Waals surface area (Å²) >= 11 is 5.61. The second-order valence-electron chi connectivity index (χ2n) is 2.71. The number of nitrogens with zero attached hydrogens (tertiary/aromatic N) is 1. The zero-order valence-corrected chi connectivity index (χ0v) is 8.08. The van der Waals surface area contributed by atoms with Crippen molar-refractivity contribution in [2.45, 2.75) is 6.92 Å².